The molecule has 2 fully saturated rings. The van der Waals surface area contributed by atoms with Gasteiger partial charge in [0.15, 0.2) is 0 Å². The van der Waals surface area contributed by atoms with Crippen molar-refractivity contribution < 1.29 is 18.0 Å². The zero-order valence-electron chi connectivity index (χ0n) is 11.7. The molecular weight excluding hydrogens is 348 g/mol. The van der Waals surface area contributed by atoms with Gasteiger partial charge >= 0.3 is 0 Å². The third-order valence-corrected chi connectivity index (χ3v) is 6.79. The number of halogens is 1. The predicted octanol–water partition coefficient (Wildman–Crippen LogP) is 1.72. The Bertz CT molecular complexity index is 743. The molecule has 0 N–H and O–H groups in total. The van der Waals surface area contributed by atoms with E-state index >= 15 is 0 Å². The summed E-state index contributed by atoms with van der Waals surface area (Å²) in [6.45, 7) is 1.96. The highest BCUT2D eigenvalue weighted by molar-refractivity contribution is 8.14. The predicted molar refractivity (Wildman–Crippen MR) is 83.4 cm³/mol. The minimum absolute atomic E-state index is 0.131. The van der Waals surface area contributed by atoms with E-state index in [-0.39, 0.29) is 40.9 Å². The molecule has 2 saturated heterocycles. The van der Waals surface area contributed by atoms with Gasteiger partial charge in [-0.15, -0.1) is 0 Å². The van der Waals surface area contributed by atoms with Gasteiger partial charge in [-0.25, -0.2) is 8.42 Å². The summed E-state index contributed by atoms with van der Waals surface area (Å²) < 4.78 is 26.4. The molecule has 3 rings (SSSR count). The van der Waals surface area contributed by atoms with Crippen LogP contribution in [0.1, 0.15) is 5.56 Å². The summed E-state index contributed by atoms with van der Waals surface area (Å²) in [7, 11) is -3.66. The molecule has 0 bridgehead atoms. The van der Waals surface area contributed by atoms with Gasteiger partial charge in [-0.1, -0.05) is 29.4 Å². The van der Waals surface area contributed by atoms with Crippen LogP contribution >= 0.6 is 23.4 Å². The van der Waals surface area contributed by atoms with Crippen LogP contribution in [0.25, 0.3) is 0 Å². The summed E-state index contributed by atoms with van der Waals surface area (Å²) in [6, 6.07) is 4.33. The second-order valence-electron chi connectivity index (χ2n) is 5.20. The molecule has 118 valence electrons. The number of benzene rings is 1. The van der Waals surface area contributed by atoms with E-state index in [0.717, 1.165) is 11.8 Å². The second-order valence-corrected chi connectivity index (χ2v) is 8.47. The Labute approximate surface area is 137 Å². The van der Waals surface area contributed by atoms with Crippen molar-refractivity contribution in [2.24, 2.45) is 0 Å². The number of aryl methyl sites for hydroxylation is 1. The third kappa shape index (κ3) is 2.54. The summed E-state index contributed by atoms with van der Waals surface area (Å²) in [5, 5.41) is 0.0496. The van der Waals surface area contributed by atoms with Crippen LogP contribution in [0.2, 0.25) is 5.02 Å². The highest BCUT2D eigenvalue weighted by Gasteiger charge is 2.46. The summed E-state index contributed by atoms with van der Waals surface area (Å²) in [4.78, 5) is 24.6. The Morgan fingerprint density at radius 1 is 1.27 bits per heavy atom. The maximum absolute atomic E-state index is 12.6. The van der Waals surface area contributed by atoms with E-state index in [1.807, 2.05) is 0 Å². The quantitative estimate of drug-likeness (QED) is 0.820. The number of thioether (sulfide) groups is 1. The molecule has 0 atom stereocenters. The van der Waals surface area contributed by atoms with Gasteiger partial charge in [-0.05, 0) is 24.6 Å². The van der Waals surface area contributed by atoms with Crippen molar-refractivity contribution in [2.45, 2.75) is 17.9 Å². The smallest absolute Gasteiger partial charge is 0.273 e. The summed E-state index contributed by atoms with van der Waals surface area (Å²) in [5.74, 6) is -0.119. The lowest BCUT2D eigenvalue weighted by molar-refractivity contribution is -0.127. The van der Waals surface area contributed by atoms with E-state index < -0.39 is 10.0 Å². The third-order valence-electron chi connectivity index (χ3n) is 3.75. The van der Waals surface area contributed by atoms with Gasteiger partial charge in [0.1, 0.15) is 0 Å². The Kier molecular flexibility index (Phi) is 3.96. The molecule has 0 spiro atoms. The lowest BCUT2D eigenvalue weighted by atomic mass is 10.1. The molecule has 2 aliphatic heterocycles. The molecule has 9 heteroatoms. The molecular formula is C13H13ClN2O4S2. The number of hydrogen-bond donors (Lipinski definition) is 0. The van der Waals surface area contributed by atoms with Gasteiger partial charge in [0, 0.05) is 18.1 Å². The van der Waals surface area contributed by atoms with Crippen molar-refractivity contribution in [3.05, 3.63) is 28.8 Å². The number of imide groups is 1. The number of carbonyl (C=O) groups is 2. The first-order chi connectivity index (χ1) is 10.3. The number of rotatable bonds is 3. The minimum atomic E-state index is -3.66. The fourth-order valence-electron chi connectivity index (χ4n) is 2.48. The van der Waals surface area contributed by atoms with Gasteiger partial charge in [0.05, 0.1) is 16.7 Å². The molecule has 22 heavy (non-hydrogen) atoms. The van der Waals surface area contributed by atoms with Crippen molar-refractivity contribution >= 4 is 44.5 Å². The molecule has 2 amide bonds. The van der Waals surface area contributed by atoms with Crippen molar-refractivity contribution in [3.63, 3.8) is 0 Å². The van der Waals surface area contributed by atoms with Crippen LogP contribution < -0.4 is 0 Å². The molecule has 6 nitrogen and oxygen atoms in total. The average Bonchev–Trinajstić information content (AvgIpc) is 2.71. The Morgan fingerprint density at radius 2 is 1.95 bits per heavy atom. The molecule has 1 aromatic rings. The van der Waals surface area contributed by atoms with Crippen molar-refractivity contribution in [1.82, 2.24) is 9.21 Å². The molecule has 0 aliphatic carbocycles. The normalized spacial score (nSPS) is 20.5. The topological polar surface area (TPSA) is 74.8 Å². The number of nitrogens with zero attached hydrogens (tertiary/aromatic N) is 2. The molecule has 2 aliphatic rings. The first kappa shape index (κ1) is 15.8. The van der Waals surface area contributed by atoms with Crippen molar-refractivity contribution in [2.75, 3.05) is 18.8 Å². The number of sulfonamides is 1. The molecule has 0 aromatic heterocycles. The average molecular weight is 361 g/mol. The fraction of sp³-hybridized carbons (Fsp3) is 0.385. The van der Waals surface area contributed by atoms with E-state index in [1.165, 1.54) is 15.3 Å². The van der Waals surface area contributed by atoms with E-state index in [1.54, 1.807) is 19.1 Å². The molecule has 0 radical (unpaired) electrons. The second kappa shape index (κ2) is 5.52. The van der Waals surface area contributed by atoms with Gasteiger partial charge in [-0.2, -0.15) is 4.31 Å². The molecule has 0 unspecified atom stereocenters. The number of amides is 2. The fourth-order valence-corrected chi connectivity index (χ4v) is 5.26. The van der Waals surface area contributed by atoms with Gasteiger partial charge in [0.25, 0.3) is 5.24 Å². The molecule has 2 heterocycles. The maximum atomic E-state index is 12.6. The van der Waals surface area contributed by atoms with E-state index in [9.17, 15) is 18.0 Å². The van der Waals surface area contributed by atoms with E-state index in [4.69, 9.17) is 11.6 Å². The maximum Gasteiger partial charge on any atom is 0.289 e. The van der Waals surface area contributed by atoms with Gasteiger partial charge in [0.2, 0.25) is 15.9 Å². The molecule has 1 aromatic carbocycles. The standard InChI is InChI=1S/C13H13ClN2O4S2/c1-8-2-3-9(14)4-11(8)22(19,20)15-5-10(6-15)16-12(17)7-21-13(16)18/h2-4,10H,5-7H2,1H3. The Hall–Kier alpha value is -1.09. The van der Waals surface area contributed by atoms with Crippen molar-refractivity contribution in [3.8, 4) is 0 Å². The van der Waals surface area contributed by atoms with E-state index in [0.29, 0.717) is 10.6 Å². The summed E-state index contributed by atoms with van der Waals surface area (Å²) in [6.07, 6.45) is 0. The number of carbonyl (C=O) groups excluding carboxylic acids is 2. The van der Waals surface area contributed by atoms with Crippen LogP contribution in [-0.4, -0.2) is 53.7 Å². The highest BCUT2D eigenvalue weighted by atomic mass is 35.5. The zero-order chi connectivity index (χ0) is 16.1. The lowest BCUT2D eigenvalue weighted by Gasteiger charge is -2.41. The molecule has 0 saturated carbocycles. The van der Waals surface area contributed by atoms with Crippen LogP contribution in [0.4, 0.5) is 4.79 Å². The zero-order valence-corrected chi connectivity index (χ0v) is 14.0. The highest BCUT2D eigenvalue weighted by Crippen LogP contribution is 2.31. The first-order valence-corrected chi connectivity index (χ1v) is 9.36. The Balaban J connectivity index is 1.78. The summed E-state index contributed by atoms with van der Waals surface area (Å²) >= 11 is 6.83. The van der Waals surface area contributed by atoms with Crippen LogP contribution in [0.3, 0.4) is 0 Å². The Morgan fingerprint density at radius 3 is 2.55 bits per heavy atom. The van der Waals surface area contributed by atoms with Crippen LogP contribution in [0, 0.1) is 6.92 Å². The number of hydrogen-bond acceptors (Lipinski definition) is 5. The monoisotopic (exact) mass is 360 g/mol. The lowest BCUT2D eigenvalue weighted by Crippen LogP contribution is -2.61. The van der Waals surface area contributed by atoms with Gasteiger partial charge < -0.3 is 0 Å². The van der Waals surface area contributed by atoms with Crippen molar-refractivity contribution in [1.29, 1.82) is 0 Å². The van der Waals surface area contributed by atoms with E-state index in [2.05, 4.69) is 0 Å². The van der Waals surface area contributed by atoms with Crippen LogP contribution in [0.15, 0.2) is 23.1 Å². The first-order valence-electron chi connectivity index (χ1n) is 6.56. The largest absolute Gasteiger partial charge is 0.289 e. The van der Waals surface area contributed by atoms with Crippen LogP contribution in [0.5, 0.6) is 0 Å². The SMILES string of the molecule is Cc1ccc(Cl)cc1S(=O)(=O)N1CC(N2C(=O)CSC2=O)C1. The van der Waals surface area contributed by atoms with Gasteiger partial charge in [-0.3, -0.25) is 14.5 Å². The minimum Gasteiger partial charge on any atom is -0.273 e. The summed E-state index contributed by atoms with van der Waals surface area (Å²) in [5.41, 5.74) is 0.608. The van der Waals surface area contributed by atoms with Crippen LogP contribution in [-0.2, 0) is 14.8 Å².